The second kappa shape index (κ2) is 5.50. The molecule has 0 radical (unpaired) electrons. The summed E-state index contributed by atoms with van der Waals surface area (Å²) in [6.07, 6.45) is 1.64. The van der Waals surface area contributed by atoms with E-state index in [1.807, 2.05) is 0 Å². The largest absolute Gasteiger partial charge is 0.389 e. The molecule has 0 unspecified atom stereocenters. The molecule has 1 fully saturated rings. The predicted molar refractivity (Wildman–Crippen MR) is 85.2 cm³/mol. The molecule has 2 heteroatoms. The van der Waals surface area contributed by atoms with Crippen molar-refractivity contribution >= 4 is 0 Å². The minimum atomic E-state index is -0.571. The molecule has 20 heavy (non-hydrogen) atoms. The lowest BCUT2D eigenvalue weighted by molar-refractivity contribution is -0.0779. The first kappa shape index (κ1) is 15.5. The summed E-state index contributed by atoms with van der Waals surface area (Å²) in [6, 6.07) is 4.96. The number of aryl methyl sites for hydroxylation is 3. The Morgan fingerprint density at radius 1 is 1.15 bits per heavy atom. The van der Waals surface area contributed by atoms with E-state index in [2.05, 4.69) is 58.7 Å². The number of aliphatic hydroxyl groups is 1. The van der Waals surface area contributed by atoms with Crippen molar-refractivity contribution in [2.24, 2.45) is 5.92 Å². The molecule has 3 atom stereocenters. The quantitative estimate of drug-likeness (QED) is 0.895. The van der Waals surface area contributed by atoms with Gasteiger partial charge in [-0.05, 0) is 69.3 Å². The molecule has 0 aliphatic carbocycles. The molecule has 1 aliphatic rings. The van der Waals surface area contributed by atoms with E-state index in [4.69, 9.17) is 0 Å². The summed E-state index contributed by atoms with van der Waals surface area (Å²) in [5.74, 6) is 0.310. The molecule has 1 N–H and O–H groups in total. The normalized spacial score (nSPS) is 31.6. The Morgan fingerprint density at radius 3 is 2.40 bits per heavy atom. The summed E-state index contributed by atoms with van der Waals surface area (Å²) >= 11 is 0. The van der Waals surface area contributed by atoms with E-state index in [1.54, 1.807) is 0 Å². The second-order valence-electron chi connectivity index (χ2n) is 7.04. The lowest BCUT2D eigenvalue weighted by Gasteiger charge is -2.46. The average Bonchev–Trinajstić information content (AvgIpc) is 2.34. The van der Waals surface area contributed by atoms with Gasteiger partial charge >= 0.3 is 0 Å². The summed E-state index contributed by atoms with van der Waals surface area (Å²) in [6.45, 7) is 11.8. The molecule has 112 valence electrons. The SMILES string of the molecule is Cc1cc(C)c(C[C@]2(O)C[C@@H](C)N(C)C[C@H]2C)cc1C. The van der Waals surface area contributed by atoms with Crippen LogP contribution < -0.4 is 0 Å². The maximum atomic E-state index is 11.1. The zero-order valence-electron chi connectivity index (χ0n) is 13.8. The molecule has 0 aromatic heterocycles. The highest BCUT2D eigenvalue weighted by Gasteiger charge is 2.41. The fourth-order valence-corrected chi connectivity index (χ4v) is 3.44. The van der Waals surface area contributed by atoms with E-state index in [0.717, 1.165) is 19.4 Å². The van der Waals surface area contributed by atoms with Gasteiger partial charge in [-0.25, -0.2) is 0 Å². The third kappa shape index (κ3) is 2.91. The van der Waals surface area contributed by atoms with Crippen LogP contribution in [0.25, 0.3) is 0 Å². The first-order valence-electron chi connectivity index (χ1n) is 7.72. The Bertz CT molecular complexity index is 496. The lowest BCUT2D eigenvalue weighted by atomic mass is 9.74. The van der Waals surface area contributed by atoms with Crippen LogP contribution in [0.5, 0.6) is 0 Å². The van der Waals surface area contributed by atoms with Gasteiger partial charge in [-0.2, -0.15) is 0 Å². The number of benzene rings is 1. The van der Waals surface area contributed by atoms with Crippen molar-refractivity contribution in [2.75, 3.05) is 13.6 Å². The van der Waals surface area contributed by atoms with Crippen molar-refractivity contribution in [3.05, 3.63) is 34.4 Å². The van der Waals surface area contributed by atoms with Gasteiger partial charge in [-0.3, -0.25) is 0 Å². The Hall–Kier alpha value is -0.860. The number of hydrogen-bond donors (Lipinski definition) is 1. The molecule has 1 aliphatic heterocycles. The van der Waals surface area contributed by atoms with Gasteiger partial charge in [0.15, 0.2) is 0 Å². The maximum absolute atomic E-state index is 11.1. The Labute approximate surface area is 123 Å². The molecule has 0 bridgehead atoms. The van der Waals surface area contributed by atoms with Gasteiger partial charge in [0.25, 0.3) is 0 Å². The van der Waals surface area contributed by atoms with Crippen LogP contribution in [-0.2, 0) is 6.42 Å². The fourth-order valence-electron chi connectivity index (χ4n) is 3.44. The van der Waals surface area contributed by atoms with Gasteiger partial charge in [0.1, 0.15) is 0 Å². The summed E-state index contributed by atoms with van der Waals surface area (Å²) < 4.78 is 0. The topological polar surface area (TPSA) is 23.5 Å². The molecule has 1 aromatic carbocycles. The number of likely N-dealkylation sites (tertiary alicyclic amines) is 1. The molecule has 2 rings (SSSR count). The highest BCUT2D eigenvalue weighted by atomic mass is 16.3. The van der Waals surface area contributed by atoms with Crippen molar-refractivity contribution in [3.63, 3.8) is 0 Å². The summed E-state index contributed by atoms with van der Waals surface area (Å²) in [5.41, 5.74) is 4.70. The minimum Gasteiger partial charge on any atom is -0.389 e. The number of piperidine rings is 1. The molecule has 1 saturated heterocycles. The highest BCUT2D eigenvalue weighted by Crippen LogP contribution is 2.34. The van der Waals surface area contributed by atoms with Gasteiger partial charge in [-0.15, -0.1) is 0 Å². The molecule has 1 heterocycles. The Kier molecular flexibility index (Phi) is 4.27. The standard InChI is InChI=1S/C18H29NO/c1-12-7-14(3)17(8-13(12)2)10-18(20)9-16(5)19(6)11-15(18)4/h7-8,15-16,20H,9-11H2,1-6H3/t15-,16-,18-/m1/s1. The molecule has 1 aromatic rings. The second-order valence-corrected chi connectivity index (χ2v) is 7.04. The van der Waals surface area contributed by atoms with Crippen LogP contribution in [0, 0.1) is 26.7 Å². The molecular weight excluding hydrogens is 246 g/mol. The highest BCUT2D eigenvalue weighted by molar-refractivity contribution is 5.37. The molecule has 0 amide bonds. The Morgan fingerprint density at radius 2 is 1.75 bits per heavy atom. The van der Waals surface area contributed by atoms with Crippen LogP contribution in [0.3, 0.4) is 0 Å². The predicted octanol–water partition coefficient (Wildman–Crippen LogP) is 3.25. The smallest absolute Gasteiger partial charge is 0.0740 e. The zero-order valence-corrected chi connectivity index (χ0v) is 13.8. The third-order valence-electron chi connectivity index (χ3n) is 5.33. The third-order valence-corrected chi connectivity index (χ3v) is 5.33. The molecule has 0 spiro atoms. The van der Waals surface area contributed by atoms with Crippen molar-refractivity contribution in [2.45, 2.75) is 59.1 Å². The van der Waals surface area contributed by atoms with Gasteiger partial charge < -0.3 is 10.0 Å². The first-order valence-corrected chi connectivity index (χ1v) is 7.72. The zero-order chi connectivity index (χ0) is 15.1. The van der Waals surface area contributed by atoms with Crippen LogP contribution in [0.1, 0.15) is 42.5 Å². The van der Waals surface area contributed by atoms with Gasteiger partial charge in [-0.1, -0.05) is 19.1 Å². The summed E-state index contributed by atoms with van der Waals surface area (Å²) in [4.78, 5) is 2.35. The monoisotopic (exact) mass is 275 g/mol. The Balaban J connectivity index is 2.26. The van der Waals surface area contributed by atoms with E-state index in [9.17, 15) is 5.11 Å². The molecule has 0 saturated carbocycles. The van der Waals surface area contributed by atoms with Gasteiger partial charge in [0, 0.05) is 19.0 Å². The van der Waals surface area contributed by atoms with Crippen molar-refractivity contribution in [1.29, 1.82) is 0 Å². The van der Waals surface area contributed by atoms with Crippen LogP contribution in [0.2, 0.25) is 0 Å². The van der Waals surface area contributed by atoms with E-state index >= 15 is 0 Å². The first-order chi connectivity index (χ1) is 9.23. The van der Waals surface area contributed by atoms with Gasteiger partial charge in [0.05, 0.1) is 5.60 Å². The van der Waals surface area contributed by atoms with Crippen LogP contribution >= 0.6 is 0 Å². The van der Waals surface area contributed by atoms with E-state index in [1.165, 1.54) is 22.3 Å². The summed E-state index contributed by atoms with van der Waals surface area (Å²) in [7, 11) is 2.15. The van der Waals surface area contributed by atoms with Gasteiger partial charge in [0.2, 0.25) is 0 Å². The van der Waals surface area contributed by atoms with Crippen molar-refractivity contribution < 1.29 is 5.11 Å². The van der Waals surface area contributed by atoms with Crippen molar-refractivity contribution in [1.82, 2.24) is 4.90 Å². The van der Waals surface area contributed by atoms with E-state index in [-0.39, 0.29) is 0 Å². The number of nitrogens with zero attached hydrogens (tertiary/aromatic N) is 1. The van der Waals surface area contributed by atoms with E-state index in [0.29, 0.717) is 12.0 Å². The lowest BCUT2D eigenvalue weighted by Crippen LogP contribution is -2.54. The van der Waals surface area contributed by atoms with Crippen LogP contribution in [0.4, 0.5) is 0 Å². The number of rotatable bonds is 2. The number of hydrogen-bond acceptors (Lipinski definition) is 2. The van der Waals surface area contributed by atoms with E-state index < -0.39 is 5.60 Å². The fraction of sp³-hybridized carbons (Fsp3) is 0.667. The molecule has 2 nitrogen and oxygen atoms in total. The van der Waals surface area contributed by atoms with Crippen LogP contribution in [-0.4, -0.2) is 35.2 Å². The van der Waals surface area contributed by atoms with Crippen LogP contribution in [0.15, 0.2) is 12.1 Å². The van der Waals surface area contributed by atoms with Crippen molar-refractivity contribution in [3.8, 4) is 0 Å². The summed E-state index contributed by atoms with van der Waals surface area (Å²) in [5, 5.41) is 11.1. The maximum Gasteiger partial charge on any atom is 0.0740 e. The molecular formula is C18H29NO. The average molecular weight is 275 g/mol. The minimum absolute atomic E-state index is 0.310.